The van der Waals surface area contributed by atoms with E-state index in [1.807, 2.05) is 11.8 Å². The van der Waals surface area contributed by atoms with Crippen LogP contribution in [0.15, 0.2) is 6.20 Å². The van der Waals surface area contributed by atoms with E-state index in [2.05, 4.69) is 15.3 Å². The fourth-order valence-corrected chi connectivity index (χ4v) is 2.90. The van der Waals surface area contributed by atoms with E-state index < -0.39 is 5.97 Å². The number of aromatic carboxylic acids is 1. The second kappa shape index (κ2) is 5.55. The summed E-state index contributed by atoms with van der Waals surface area (Å²) in [4.78, 5) is 18.6. The third-order valence-corrected chi connectivity index (χ3v) is 3.78. The maximum atomic E-state index is 11.0. The van der Waals surface area contributed by atoms with Gasteiger partial charge in [-0.25, -0.2) is 9.78 Å². The topological polar surface area (TPSA) is 75.1 Å². The van der Waals surface area contributed by atoms with Crippen molar-refractivity contribution in [1.29, 1.82) is 0 Å². The summed E-state index contributed by atoms with van der Waals surface area (Å²) in [6.07, 6.45) is 3.24. The molecule has 2 rings (SSSR count). The molecule has 0 radical (unpaired) electrons. The normalized spacial score (nSPS) is 16.8. The number of thioether (sulfide) groups is 1. The van der Waals surface area contributed by atoms with Crippen LogP contribution in [0.5, 0.6) is 0 Å². The summed E-state index contributed by atoms with van der Waals surface area (Å²) < 4.78 is 0. The zero-order chi connectivity index (χ0) is 12.3. The molecule has 1 aromatic heterocycles. The molecule has 0 bridgehead atoms. The van der Waals surface area contributed by atoms with Crippen molar-refractivity contribution in [2.24, 2.45) is 0 Å². The molecule has 92 valence electrons. The van der Waals surface area contributed by atoms with Gasteiger partial charge in [0.1, 0.15) is 11.4 Å². The Bertz CT molecular complexity index is 424. The predicted octanol–water partition coefficient (Wildman–Crippen LogP) is 2.14. The fourth-order valence-electron chi connectivity index (χ4n) is 1.66. The Balaban J connectivity index is 2.17. The van der Waals surface area contributed by atoms with Gasteiger partial charge in [-0.15, -0.1) is 0 Å². The minimum absolute atomic E-state index is 0.0580. The van der Waals surface area contributed by atoms with Crippen LogP contribution in [0, 0.1) is 0 Å². The molecule has 1 fully saturated rings. The van der Waals surface area contributed by atoms with Crippen LogP contribution in [-0.4, -0.2) is 38.6 Å². The zero-order valence-electron chi connectivity index (χ0n) is 9.02. The lowest BCUT2D eigenvalue weighted by atomic mass is 10.1. The number of hydrogen-bond donors (Lipinski definition) is 2. The van der Waals surface area contributed by atoms with Gasteiger partial charge in [0.15, 0.2) is 0 Å². The van der Waals surface area contributed by atoms with Crippen LogP contribution >= 0.6 is 23.4 Å². The lowest BCUT2D eigenvalue weighted by Crippen LogP contribution is -2.26. The van der Waals surface area contributed by atoms with Crippen molar-refractivity contribution in [1.82, 2.24) is 9.97 Å². The van der Waals surface area contributed by atoms with E-state index in [4.69, 9.17) is 16.7 Å². The first-order valence-corrected chi connectivity index (χ1v) is 6.80. The highest BCUT2D eigenvalue weighted by molar-refractivity contribution is 7.99. The SMILES string of the molecule is O=C(O)c1cnc(Cl)nc1NC1CCSCC1. The van der Waals surface area contributed by atoms with Crippen molar-refractivity contribution in [2.45, 2.75) is 18.9 Å². The number of anilines is 1. The van der Waals surface area contributed by atoms with Gasteiger partial charge in [0.05, 0.1) is 0 Å². The quantitative estimate of drug-likeness (QED) is 0.822. The average Bonchev–Trinajstić information content (AvgIpc) is 2.30. The molecule has 1 aliphatic rings. The van der Waals surface area contributed by atoms with E-state index in [1.54, 1.807) is 0 Å². The molecule has 1 saturated heterocycles. The highest BCUT2D eigenvalue weighted by atomic mass is 35.5. The summed E-state index contributed by atoms with van der Waals surface area (Å²) in [6.45, 7) is 0. The van der Waals surface area contributed by atoms with Crippen LogP contribution < -0.4 is 5.32 Å². The highest BCUT2D eigenvalue weighted by Crippen LogP contribution is 2.22. The van der Waals surface area contributed by atoms with Gasteiger partial charge in [-0.2, -0.15) is 16.7 Å². The second-order valence-corrected chi connectivity index (χ2v) is 5.30. The third kappa shape index (κ3) is 3.23. The lowest BCUT2D eigenvalue weighted by molar-refractivity contribution is 0.0697. The summed E-state index contributed by atoms with van der Waals surface area (Å²) in [6, 6.07) is 0.264. The van der Waals surface area contributed by atoms with Crippen LogP contribution in [-0.2, 0) is 0 Å². The van der Waals surface area contributed by atoms with Gasteiger partial charge in [-0.3, -0.25) is 0 Å². The minimum Gasteiger partial charge on any atom is -0.477 e. The molecule has 5 nitrogen and oxygen atoms in total. The number of rotatable bonds is 3. The number of carbonyl (C=O) groups is 1. The largest absolute Gasteiger partial charge is 0.477 e. The molecule has 0 aromatic carbocycles. The standard InChI is InChI=1S/C10H12ClN3O2S/c11-10-12-5-7(9(15)16)8(14-10)13-6-1-3-17-4-2-6/h5-6H,1-4H2,(H,15,16)(H,12,13,14). The van der Waals surface area contributed by atoms with Gasteiger partial charge < -0.3 is 10.4 Å². The first kappa shape index (κ1) is 12.4. The van der Waals surface area contributed by atoms with E-state index >= 15 is 0 Å². The summed E-state index contributed by atoms with van der Waals surface area (Å²) in [5.41, 5.74) is 0.0626. The molecular weight excluding hydrogens is 262 g/mol. The van der Waals surface area contributed by atoms with Gasteiger partial charge >= 0.3 is 5.97 Å². The molecular formula is C10H12ClN3O2S. The molecule has 0 amide bonds. The molecule has 0 atom stereocenters. The average molecular weight is 274 g/mol. The molecule has 0 aliphatic carbocycles. The van der Waals surface area contributed by atoms with E-state index in [1.165, 1.54) is 6.20 Å². The molecule has 0 spiro atoms. The number of nitrogens with one attached hydrogen (secondary N) is 1. The monoisotopic (exact) mass is 273 g/mol. The van der Waals surface area contributed by atoms with Crippen LogP contribution in [0.2, 0.25) is 5.28 Å². The van der Waals surface area contributed by atoms with E-state index in [9.17, 15) is 4.79 Å². The molecule has 2 heterocycles. The van der Waals surface area contributed by atoms with Crippen molar-refractivity contribution in [3.63, 3.8) is 0 Å². The van der Waals surface area contributed by atoms with Crippen LogP contribution in [0.3, 0.4) is 0 Å². The maximum absolute atomic E-state index is 11.0. The van der Waals surface area contributed by atoms with Crippen molar-refractivity contribution in [3.8, 4) is 0 Å². The van der Waals surface area contributed by atoms with Crippen molar-refractivity contribution in [3.05, 3.63) is 17.0 Å². The summed E-state index contributed by atoms with van der Waals surface area (Å²) in [5.74, 6) is 1.43. The Labute approximate surface area is 108 Å². The van der Waals surface area contributed by atoms with Gasteiger partial charge in [0.25, 0.3) is 0 Å². The van der Waals surface area contributed by atoms with Crippen molar-refractivity contribution < 1.29 is 9.90 Å². The highest BCUT2D eigenvalue weighted by Gasteiger charge is 2.18. The molecule has 2 N–H and O–H groups in total. The predicted molar refractivity (Wildman–Crippen MR) is 68.0 cm³/mol. The fraction of sp³-hybridized carbons (Fsp3) is 0.500. The van der Waals surface area contributed by atoms with E-state index in [0.717, 1.165) is 24.3 Å². The van der Waals surface area contributed by atoms with Crippen LogP contribution in [0.4, 0.5) is 5.82 Å². The van der Waals surface area contributed by atoms with Gasteiger partial charge in [0, 0.05) is 12.2 Å². The summed E-state index contributed by atoms with van der Waals surface area (Å²) in [7, 11) is 0. The van der Waals surface area contributed by atoms with E-state index in [-0.39, 0.29) is 16.9 Å². The molecule has 1 aromatic rings. The smallest absolute Gasteiger partial charge is 0.341 e. The first-order valence-electron chi connectivity index (χ1n) is 5.27. The number of halogens is 1. The summed E-state index contributed by atoms with van der Waals surface area (Å²) in [5, 5.41) is 12.2. The minimum atomic E-state index is -1.05. The number of hydrogen-bond acceptors (Lipinski definition) is 5. The number of aromatic nitrogens is 2. The van der Waals surface area contributed by atoms with Crippen LogP contribution in [0.1, 0.15) is 23.2 Å². The van der Waals surface area contributed by atoms with Crippen LogP contribution in [0.25, 0.3) is 0 Å². The van der Waals surface area contributed by atoms with Gasteiger partial charge in [0.2, 0.25) is 5.28 Å². The summed E-state index contributed by atoms with van der Waals surface area (Å²) >= 11 is 7.59. The van der Waals surface area contributed by atoms with Gasteiger partial charge in [-0.05, 0) is 35.9 Å². The molecule has 17 heavy (non-hydrogen) atoms. The Morgan fingerprint density at radius 3 is 2.88 bits per heavy atom. The Hall–Kier alpha value is -1.01. The molecule has 0 saturated carbocycles. The Kier molecular flexibility index (Phi) is 4.06. The van der Waals surface area contributed by atoms with Crippen molar-refractivity contribution in [2.75, 3.05) is 16.8 Å². The first-order chi connectivity index (χ1) is 8.16. The molecule has 7 heteroatoms. The van der Waals surface area contributed by atoms with Gasteiger partial charge in [-0.1, -0.05) is 0 Å². The zero-order valence-corrected chi connectivity index (χ0v) is 10.6. The Morgan fingerprint density at radius 2 is 2.24 bits per heavy atom. The molecule has 0 unspecified atom stereocenters. The number of nitrogens with zero attached hydrogens (tertiary/aromatic N) is 2. The Morgan fingerprint density at radius 1 is 1.53 bits per heavy atom. The van der Waals surface area contributed by atoms with E-state index in [0.29, 0.717) is 5.82 Å². The third-order valence-electron chi connectivity index (χ3n) is 2.55. The second-order valence-electron chi connectivity index (χ2n) is 3.74. The number of carboxylic acids is 1. The maximum Gasteiger partial charge on any atom is 0.341 e. The number of carboxylic acid groups (broad SMARTS) is 1. The van der Waals surface area contributed by atoms with Crippen molar-refractivity contribution >= 4 is 35.1 Å². The molecule has 1 aliphatic heterocycles. The lowest BCUT2D eigenvalue weighted by Gasteiger charge is -2.23.